The van der Waals surface area contributed by atoms with Crippen LogP contribution in [0.2, 0.25) is 0 Å². The maximum absolute atomic E-state index is 10.3. The summed E-state index contributed by atoms with van der Waals surface area (Å²) in [7, 11) is 0. The van der Waals surface area contributed by atoms with Gasteiger partial charge in [0, 0.05) is 13.3 Å². The molecule has 0 saturated heterocycles. The van der Waals surface area contributed by atoms with Crippen LogP contribution in [0.15, 0.2) is 0 Å². The summed E-state index contributed by atoms with van der Waals surface area (Å²) in [6.45, 7) is 10.8. The lowest BCUT2D eigenvalue weighted by molar-refractivity contribution is -0.120. The molecule has 0 saturated carbocycles. The van der Waals surface area contributed by atoms with Gasteiger partial charge in [0.15, 0.2) is 0 Å². The first-order valence-electron chi connectivity index (χ1n) is 4.40. The molecule has 0 spiro atoms. The van der Waals surface area contributed by atoms with Crippen molar-refractivity contribution in [1.82, 2.24) is 0 Å². The molecule has 0 aromatic heterocycles. The Kier molecular flexibility index (Phi) is 13.0. The summed E-state index contributed by atoms with van der Waals surface area (Å²) in [5.74, 6) is -0.505. The maximum Gasteiger partial charge on any atom is 0.216 e. The van der Waals surface area contributed by atoms with Crippen molar-refractivity contribution in [3.05, 3.63) is 26.1 Å². The Labute approximate surface area is 86.2 Å². The number of primary amides is 1. The van der Waals surface area contributed by atoms with Gasteiger partial charge in [-0.3, -0.25) is 11.7 Å². The number of nitrogens with two attached hydrogens (primary N) is 1. The van der Waals surface area contributed by atoms with Crippen LogP contribution in [-0.2, 0) is 9.59 Å². The van der Waals surface area contributed by atoms with Crippen molar-refractivity contribution >= 4 is 12.2 Å². The largest absolute Gasteiger partial charge is 0.650 e. The smallest absolute Gasteiger partial charge is 0.216 e. The topological polar surface area (TPSA) is 74.3 Å². The molecule has 0 aliphatic heterocycles. The van der Waals surface area contributed by atoms with Crippen molar-refractivity contribution < 1.29 is 9.59 Å². The molecule has 4 heteroatoms. The first-order chi connectivity index (χ1) is 6.62. The van der Waals surface area contributed by atoms with E-state index in [2.05, 4.69) is 26.1 Å². The fourth-order valence-electron chi connectivity index (χ4n) is 0.619. The van der Waals surface area contributed by atoms with Crippen molar-refractivity contribution in [2.45, 2.75) is 25.3 Å². The molecule has 4 nitrogen and oxygen atoms in total. The highest BCUT2D eigenvalue weighted by Crippen LogP contribution is 2.02. The number of hydrogen-bond donors (Lipinski definition) is 1. The van der Waals surface area contributed by atoms with E-state index in [9.17, 15) is 9.59 Å². The van der Waals surface area contributed by atoms with Gasteiger partial charge >= 0.3 is 0 Å². The van der Waals surface area contributed by atoms with Gasteiger partial charge in [-0.1, -0.05) is 6.04 Å². The Balaban J connectivity index is 0. The summed E-state index contributed by atoms with van der Waals surface area (Å²) in [5.41, 5.74) is 4.87. The van der Waals surface area contributed by atoms with E-state index in [1.54, 1.807) is 0 Å². The maximum atomic E-state index is 10.3. The minimum Gasteiger partial charge on any atom is -0.650 e. The summed E-state index contributed by atoms with van der Waals surface area (Å²) in [5, 5.41) is 3.87. The lowest BCUT2D eigenvalue weighted by Gasteiger charge is -2.22. The third-order valence-electron chi connectivity index (χ3n) is 1.09. The summed E-state index contributed by atoms with van der Waals surface area (Å²) in [6.07, 6.45) is 2.01. The van der Waals surface area contributed by atoms with Crippen LogP contribution in [0.25, 0.3) is 5.32 Å². The molecule has 1 amide bonds. The van der Waals surface area contributed by atoms with E-state index in [1.807, 2.05) is 0 Å². The van der Waals surface area contributed by atoms with Crippen LogP contribution in [0.1, 0.15) is 19.3 Å². The summed E-state index contributed by atoms with van der Waals surface area (Å²) in [4.78, 5) is 20.5. The van der Waals surface area contributed by atoms with Crippen LogP contribution in [-0.4, -0.2) is 24.8 Å². The second kappa shape index (κ2) is 11.8. The highest BCUT2D eigenvalue weighted by atomic mass is 16.1. The number of hydrogen-bond acceptors (Lipinski definition) is 2. The van der Waals surface area contributed by atoms with E-state index in [0.29, 0.717) is 19.3 Å². The van der Waals surface area contributed by atoms with Crippen molar-refractivity contribution in [2.24, 2.45) is 5.73 Å². The van der Waals surface area contributed by atoms with Crippen LogP contribution < -0.4 is 5.73 Å². The zero-order chi connectivity index (χ0) is 11.4. The average molecular weight is 198 g/mol. The summed E-state index contributed by atoms with van der Waals surface area (Å²) >= 11 is 0. The molecule has 0 aromatic rings. The van der Waals surface area contributed by atoms with Crippen molar-refractivity contribution in [2.75, 3.05) is 6.54 Å². The predicted octanol–water partition coefficient (Wildman–Crippen LogP) is 1.07. The molecule has 0 unspecified atom stereocenters. The number of nitrogens with zero attached hydrogens (tertiary/aromatic N) is 1. The standard InChI is InChI=1S/C7H12N2O2.C3H6/c1-2-3-9-6(5-10)4-7(8)11;1-3-2/h5-6H,1-4H2,(H2,8,11);1-3H2/t6-;/m1./s1. The van der Waals surface area contributed by atoms with Gasteiger partial charge < -0.3 is 15.8 Å². The van der Waals surface area contributed by atoms with E-state index in [0.717, 1.165) is 6.42 Å². The Morgan fingerprint density at radius 2 is 2.07 bits per heavy atom. The molecular weight excluding hydrogens is 180 g/mol. The van der Waals surface area contributed by atoms with Gasteiger partial charge in [-0.15, -0.1) is 6.54 Å². The van der Waals surface area contributed by atoms with Gasteiger partial charge in [0.25, 0.3) is 0 Å². The number of rotatable bonds is 6. The lowest BCUT2D eigenvalue weighted by Crippen LogP contribution is -2.21. The zero-order valence-corrected chi connectivity index (χ0v) is 8.45. The molecule has 0 aliphatic carbocycles. The Morgan fingerprint density at radius 1 is 1.57 bits per heavy atom. The van der Waals surface area contributed by atoms with Crippen LogP contribution >= 0.6 is 0 Å². The number of carbonyl (C=O) groups is 2. The van der Waals surface area contributed by atoms with Gasteiger partial charge in [0.2, 0.25) is 5.91 Å². The fourth-order valence-corrected chi connectivity index (χ4v) is 0.619. The normalized spacial score (nSPS) is 10.9. The molecule has 0 radical (unpaired) electrons. The van der Waals surface area contributed by atoms with E-state index in [1.165, 1.54) is 0 Å². The molecule has 80 valence electrons. The van der Waals surface area contributed by atoms with Crippen LogP contribution in [0.4, 0.5) is 0 Å². The molecular formula is C10H18N2O2. The minimum atomic E-state index is -0.575. The number of carbonyl (C=O) groups excluding carboxylic acids is 2. The molecule has 0 aromatic carbocycles. The van der Waals surface area contributed by atoms with Crippen LogP contribution in [0.3, 0.4) is 0 Å². The zero-order valence-electron chi connectivity index (χ0n) is 8.45. The van der Waals surface area contributed by atoms with Gasteiger partial charge in [0.05, 0.1) is 13.3 Å². The Hall–Kier alpha value is -1.16. The van der Waals surface area contributed by atoms with Gasteiger partial charge in [-0.25, -0.2) is 0 Å². The second-order valence-electron chi connectivity index (χ2n) is 2.49. The van der Waals surface area contributed by atoms with Crippen molar-refractivity contribution in [1.29, 1.82) is 0 Å². The summed E-state index contributed by atoms with van der Waals surface area (Å²) in [6, 6.07) is -0.575. The number of aldehydes is 1. The SMILES string of the molecule is [CH2+]CC[N-][C@@H](C=O)CC(N)=O.[CH2+]C[CH2-]. The van der Waals surface area contributed by atoms with Gasteiger partial charge in [-0.05, 0) is 6.42 Å². The van der Waals surface area contributed by atoms with Crippen LogP contribution in [0.5, 0.6) is 0 Å². The van der Waals surface area contributed by atoms with Gasteiger partial charge in [0.1, 0.15) is 6.29 Å². The quantitative estimate of drug-likeness (QED) is 0.512. The molecule has 0 fully saturated rings. The predicted molar refractivity (Wildman–Crippen MR) is 57.2 cm³/mol. The minimum absolute atomic E-state index is 0.00347. The monoisotopic (exact) mass is 198 g/mol. The van der Waals surface area contributed by atoms with E-state index >= 15 is 0 Å². The molecule has 14 heavy (non-hydrogen) atoms. The van der Waals surface area contributed by atoms with Gasteiger partial charge in [-0.2, -0.15) is 0 Å². The third-order valence-corrected chi connectivity index (χ3v) is 1.09. The van der Waals surface area contributed by atoms with Crippen LogP contribution in [0, 0.1) is 20.8 Å². The molecule has 2 N–H and O–H groups in total. The Bertz CT molecular complexity index is 149. The van der Waals surface area contributed by atoms with E-state index in [4.69, 9.17) is 5.73 Å². The molecule has 1 atom stereocenters. The second-order valence-corrected chi connectivity index (χ2v) is 2.49. The third kappa shape index (κ3) is 13.4. The highest BCUT2D eigenvalue weighted by molar-refractivity contribution is 5.79. The van der Waals surface area contributed by atoms with Crippen molar-refractivity contribution in [3.63, 3.8) is 0 Å². The lowest BCUT2D eigenvalue weighted by atomic mass is 10.2. The molecule has 0 rings (SSSR count). The fraction of sp³-hybridized carbons (Fsp3) is 0.500. The first-order valence-corrected chi connectivity index (χ1v) is 4.40. The summed E-state index contributed by atoms with van der Waals surface area (Å²) < 4.78 is 0. The van der Waals surface area contributed by atoms with Crippen molar-refractivity contribution in [3.8, 4) is 0 Å². The first kappa shape index (κ1) is 15.3. The average Bonchev–Trinajstić information content (AvgIpc) is 2.13. The Morgan fingerprint density at radius 3 is 2.36 bits per heavy atom. The molecule has 0 aliphatic rings. The van der Waals surface area contributed by atoms with E-state index < -0.39 is 11.9 Å². The highest BCUT2D eigenvalue weighted by Gasteiger charge is 1.99. The molecule has 0 heterocycles. The number of amides is 1. The molecule has 0 bridgehead atoms. The van der Waals surface area contributed by atoms with E-state index in [-0.39, 0.29) is 6.42 Å².